The smallest absolute Gasteiger partial charge is 0.270 e. The van der Waals surface area contributed by atoms with Crippen LogP contribution in [-0.2, 0) is 4.74 Å². The molecule has 1 fully saturated rings. The van der Waals surface area contributed by atoms with Crippen LogP contribution in [-0.4, -0.2) is 41.5 Å². The van der Waals surface area contributed by atoms with E-state index in [1.807, 2.05) is 6.92 Å². The predicted molar refractivity (Wildman–Crippen MR) is 90.6 cm³/mol. The second-order valence-corrected chi connectivity index (χ2v) is 6.52. The molecule has 1 aromatic carbocycles. The Bertz CT molecular complexity index is 573. The summed E-state index contributed by atoms with van der Waals surface area (Å²) < 4.78 is 6.29. The van der Waals surface area contributed by atoms with E-state index in [0.717, 1.165) is 32.3 Å². The van der Waals surface area contributed by atoms with E-state index >= 15 is 0 Å². The largest absolute Gasteiger partial charge is 0.376 e. The molecule has 2 rings (SSSR count). The topological polar surface area (TPSA) is 72.7 Å². The highest BCUT2D eigenvalue weighted by Gasteiger charge is 2.24. The minimum atomic E-state index is -0.488. The minimum absolute atomic E-state index is 0.0525. The fourth-order valence-electron chi connectivity index (χ4n) is 2.70. The Kier molecular flexibility index (Phi) is 6.53. The van der Waals surface area contributed by atoms with Gasteiger partial charge in [0.1, 0.15) is 0 Å². The van der Waals surface area contributed by atoms with Crippen LogP contribution in [0.15, 0.2) is 22.7 Å². The molecular formula is C16H21BrN2O4. The Morgan fingerprint density at radius 1 is 1.48 bits per heavy atom. The summed E-state index contributed by atoms with van der Waals surface area (Å²) in [4.78, 5) is 25.0. The number of amides is 1. The third kappa shape index (κ3) is 4.75. The predicted octanol–water partition coefficient (Wildman–Crippen LogP) is 3.78. The first-order valence-corrected chi connectivity index (χ1v) is 8.67. The molecule has 1 unspecified atom stereocenters. The highest BCUT2D eigenvalue weighted by molar-refractivity contribution is 9.10. The molecule has 0 aliphatic carbocycles. The van der Waals surface area contributed by atoms with Crippen molar-refractivity contribution in [3.05, 3.63) is 38.3 Å². The number of halogens is 1. The average molecular weight is 385 g/mol. The zero-order chi connectivity index (χ0) is 16.8. The molecule has 0 spiro atoms. The second-order valence-electron chi connectivity index (χ2n) is 5.66. The van der Waals surface area contributed by atoms with Crippen LogP contribution in [0.4, 0.5) is 5.69 Å². The SMILES string of the molecule is CCCN(CC1CCCCO1)C(=O)c1cc([N+](=O)[O-])ccc1Br. The summed E-state index contributed by atoms with van der Waals surface area (Å²) in [5.74, 6) is -0.198. The first kappa shape index (κ1) is 17.9. The van der Waals surface area contributed by atoms with Crippen molar-refractivity contribution < 1.29 is 14.5 Å². The summed E-state index contributed by atoms with van der Waals surface area (Å²) in [6.45, 7) is 3.87. The van der Waals surface area contributed by atoms with Crippen LogP contribution in [0.2, 0.25) is 0 Å². The normalized spacial score (nSPS) is 17.7. The van der Waals surface area contributed by atoms with Crippen molar-refractivity contribution in [1.29, 1.82) is 0 Å². The van der Waals surface area contributed by atoms with Gasteiger partial charge in [0.15, 0.2) is 0 Å². The number of carbonyl (C=O) groups excluding carboxylic acids is 1. The monoisotopic (exact) mass is 384 g/mol. The van der Waals surface area contributed by atoms with Crippen LogP contribution in [0.5, 0.6) is 0 Å². The van der Waals surface area contributed by atoms with Gasteiger partial charge in [-0.25, -0.2) is 0 Å². The number of benzene rings is 1. The number of hydrogen-bond acceptors (Lipinski definition) is 4. The molecule has 126 valence electrons. The average Bonchev–Trinajstić information content (AvgIpc) is 2.55. The summed E-state index contributed by atoms with van der Waals surface area (Å²) in [7, 11) is 0. The standard InChI is InChI=1S/C16H21BrN2O4/c1-2-8-18(11-13-5-3-4-9-23-13)16(20)14-10-12(19(21)22)6-7-15(14)17/h6-7,10,13H,2-5,8-9,11H2,1H3. The highest BCUT2D eigenvalue weighted by Crippen LogP contribution is 2.25. The number of nitro benzene ring substituents is 1. The molecule has 1 aliphatic heterocycles. The molecular weight excluding hydrogens is 364 g/mol. The van der Waals surface area contributed by atoms with E-state index in [2.05, 4.69) is 15.9 Å². The van der Waals surface area contributed by atoms with Gasteiger partial charge in [-0.1, -0.05) is 6.92 Å². The minimum Gasteiger partial charge on any atom is -0.376 e. The molecule has 1 atom stereocenters. The summed E-state index contributed by atoms with van der Waals surface area (Å²) in [5, 5.41) is 10.9. The van der Waals surface area contributed by atoms with Crippen molar-refractivity contribution in [1.82, 2.24) is 4.90 Å². The van der Waals surface area contributed by atoms with Gasteiger partial charge in [-0.15, -0.1) is 0 Å². The third-order valence-corrected chi connectivity index (χ3v) is 4.56. The molecule has 1 saturated heterocycles. The van der Waals surface area contributed by atoms with Crippen LogP contribution in [0.1, 0.15) is 43.0 Å². The quantitative estimate of drug-likeness (QED) is 0.552. The first-order valence-electron chi connectivity index (χ1n) is 7.87. The van der Waals surface area contributed by atoms with Crippen molar-refractivity contribution >= 4 is 27.5 Å². The van der Waals surface area contributed by atoms with Crippen molar-refractivity contribution in [3.63, 3.8) is 0 Å². The Morgan fingerprint density at radius 3 is 2.87 bits per heavy atom. The molecule has 23 heavy (non-hydrogen) atoms. The molecule has 1 amide bonds. The Balaban J connectivity index is 2.19. The van der Waals surface area contributed by atoms with E-state index < -0.39 is 4.92 Å². The number of non-ortho nitro benzene ring substituents is 1. The van der Waals surface area contributed by atoms with Gasteiger partial charge in [0.25, 0.3) is 11.6 Å². The van der Waals surface area contributed by atoms with Crippen molar-refractivity contribution in [2.24, 2.45) is 0 Å². The maximum Gasteiger partial charge on any atom is 0.270 e. The fourth-order valence-corrected chi connectivity index (χ4v) is 3.12. The fraction of sp³-hybridized carbons (Fsp3) is 0.562. The summed E-state index contributed by atoms with van der Waals surface area (Å²) in [5.41, 5.74) is 0.241. The van der Waals surface area contributed by atoms with Gasteiger partial charge in [-0.05, 0) is 47.7 Å². The Hall–Kier alpha value is -1.47. The molecule has 7 heteroatoms. The van der Waals surface area contributed by atoms with Crippen LogP contribution in [0, 0.1) is 10.1 Å². The van der Waals surface area contributed by atoms with E-state index in [9.17, 15) is 14.9 Å². The number of ether oxygens (including phenoxy) is 1. The zero-order valence-corrected chi connectivity index (χ0v) is 14.8. The molecule has 0 aromatic heterocycles. The number of carbonyl (C=O) groups is 1. The highest BCUT2D eigenvalue weighted by atomic mass is 79.9. The lowest BCUT2D eigenvalue weighted by Crippen LogP contribution is -2.40. The maximum absolute atomic E-state index is 12.8. The maximum atomic E-state index is 12.8. The molecule has 0 saturated carbocycles. The number of rotatable bonds is 6. The first-order chi connectivity index (χ1) is 11.0. The molecule has 6 nitrogen and oxygen atoms in total. The molecule has 0 radical (unpaired) electrons. The van der Waals surface area contributed by atoms with E-state index in [4.69, 9.17) is 4.74 Å². The molecule has 1 heterocycles. The Labute approximate surface area is 144 Å². The van der Waals surface area contributed by atoms with E-state index in [-0.39, 0.29) is 17.7 Å². The van der Waals surface area contributed by atoms with Crippen LogP contribution in [0.25, 0.3) is 0 Å². The van der Waals surface area contributed by atoms with Gasteiger partial charge >= 0.3 is 0 Å². The van der Waals surface area contributed by atoms with Gasteiger partial charge < -0.3 is 9.64 Å². The summed E-state index contributed by atoms with van der Waals surface area (Å²) in [6, 6.07) is 4.26. The lowest BCUT2D eigenvalue weighted by Gasteiger charge is -2.30. The lowest BCUT2D eigenvalue weighted by molar-refractivity contribution is -0.384. The molecule has 0 bridgehead atoms. The molecule has 1 aromatic rings. The zero-order valence-electron chi connectivity index (χ0n) is 13.2. The number of nitro groups is 1. The van der Waals surface area contributed by atoms with Crippen LogP contribution >= 0.6 is 15.9 Å². The van der Waals surface area contributed by atoms with E-state index in [1.165, 1.54) is 12.1 Å². The molecule has 1 aliphatic rings. The van der Waals surface area contributed by atoms with Gasteiger partial charge in [0.2, 0.25) is 0 Å². The van der Waals surface area contributed by atoms with Gasteiger partial charge in [0, 0.05) is 36.3 Å². The third-order valence-electron chi connectivity index (χ3n) is 3.87. The van der Waals surface area contributed by atoms with Gasteiger partial charge in [0.05, 0.1) is 16.6 Å². The second kappa shape index (κ2) is 8.40. The molecule has 0 N–H and O–H groups in total. The van der Waals surface area contributed by atoms with E-state index in [0.29, 0.717) is 23.1 Å². The number of nitrogens with zero attached hydrogens (tertiary/aromatic N) is 2. The van der Waals surface area contributed by atoms with Crippen LogP contribution in [0.3, 0.4) is 0 Å². The summed E-state index contributed by atoms with van der Waals surface area (Å²) in [6.07, 6.45) is 4.00. The van der Waals surface area contributed by atoms with Crippen LogP contribution < -0.4 is 0 Å². The lowest BCUT2D eigenvalue weighted by atomic mass is 10.1. The van der Waals surface area contributed by atoms with Crippen molar-refractivity contribution in [2.75, 3.05) is 19.7 Å². The van der Waals surface area contributed by atoms with Crippen molar-refractivity contribution in [3.8, 4) is 0 Å². The number of hydrogen-bond donors (Lipinski definition) is 0. The summed E-state index contributed by atoms with van der Waals surface area (Å²) >= 11 is 3.32. The van der Waals surface area contributed by atoms with Gasteiger partial charge in [-0.2, -0.15) is 0 Å². The van der Waals surface area contributed by atoms with Crippen molar-refractivity contribution in [2.45, 2.75) is 38.7 Å². The Morgan fingerprint density at radius 2 is 2.26 bits per heavy atom. The van der Waals surface area contributed by atoms with E-state index in [1.54, 1.807) is 11.0 Å². The van der Waals surface area contributed by atoms with Gasteiger partial charge in [-0.3, -0.25) is 14.9 Å².